The Morgan fingerprint density at radius 3 is 2.61 bits per heavy atom. The van der Waals surface area contributed by atoms with Gasteiger partial charge in [-0.25, -0.2) is 4.79 Å². The molecule has 0 bridgehead atoms. The van der Waals surface area contributed by atoms with E-state index in [0.29, 0.717) is 53.3 Å². The average molecular weight is 444 g/mol. The molecule has 1 saturated heterocycles. The first-order valence-corrected chi connectivity index (χ1v) is 10.6. The molecule has 8 heteroatoms. The van der Waals surface area contributed by atoms with Crippen molar-refractivity contribution in [3.05, 3.63) is 47.5 Å². The number of piperazine rings is 1. The van der Waals surface area contributed by atoms with Crippen LogP contribution in [0.5, 0.6) is 11.5 Å². The van der Waals surface area contributed by atoms with Crippen molar-refractivity contribution in [1.29, 1.82) is 0 Å². The van der Waals surface area contributed by atoms with Gasteiger partial charge in [0.25, 0.3) is 6.01 Å². The van der Waals surface area contributed by atoms with Gasteiger partial charge in [-0.15, -0.1) is 0 Å². The molecule has 0 spiro atoms. The molecule has 2 aromatic carbocycles. The number of carbonyl (C=O) groups excluding carboxylic acids is 1. The molecule has 1 amide bonds. The molecular formula is C23H26ClN3O4. The van der Waals surface area contributed by atoms with Gasteiger partial charge < -0.3 is 23.7 Å². The predicted octanol–water partition coefficient (Wildman–Crippen LogP) is 5.72. The topological polar surface area (TPSA) is 68.0 Å². The molecule has 164 valence electrons. The Morgan fingerprint density at radius 2 is 1.94 bits per heavy atom. The number of aromatic nitrogens is 1. The molecule has 0 radical (unpaired) electrons. The molecule has 1 aromatic heterocycles. The monoisotopic (exact) mass is 443 g/mol. The van der Waals surface area contributed by atoms with Crippen LogP contribution in [-0.4, -0.2) is 47.3 Å². The van der Waals surface area contributed by atoms with Crippen LogP contribution in [0.2, 0.25) is 5.02 Å². The largest absolute Gasteiger partial charge is 0.453 e. The number of oxazole rings is 1. The minimum Gasteiger partial charge on any atom is -0.453 e. The molecular weight excluding hydrogens is 418 g/mol. The zero-order chi connectivity index (χ0) is 22.2. The number of carbonyl (C=O) groups is 1. The van der Waals surface area contributed by atoms with Crippen molar-refractivity contribution in [1.82, 2.24) is 9.88 Å². The molecule has 7 nitrogen and oxygen atoms in total. The lowest BCUT2D eigenvalue weighted by atomic mass is 10.2. The first-order valence-electron chi connectivity index (χ1n) is 10.3. The summed E-state index contributed by atoms with van der Waals surface area (Å²) in [6.45, 7) is 9.23. The molecule has 31 heavy (non-hydrogen) atoms. The van der Waals surface area contributed by atoms with E-state index in [-0.39, 0.29) is 12.1 Å². The van der Waals surface area contributed by atoms with Gasteiger partial charge in [0.1, 0.15) is 16.9 Å². The Balaban J connectivity index is 1.55. The number of fused-ring (bicyclic) bond motifs is 1. The zero-order valence-electron chi connectivity index (χ0n) is 18.1. The summed E-state index contributed by atoms with van der Waals surface area (Å²) < 4.78 is 17.6. The minimum absolute atomic E-state index is 0.00305. The Morgan fingerprint density at radius 1 is 1.19 bits per heavy atom. The summed E-state index contributed by atoms with van der Waals surface area (Å²) in [5, 5.41) is 0.515. The second-order valence-electron chi connectivity index (χ2n) is 8.63. The Bertz CT molecular complexity index is 1080. The van der Waals surface area contributed by atoms with Gasteiger partial charge in [0.15, 0.2) is 11.3 Å². The number of anilines is 1. The molecule has 1 aliphatic heterocycles. The number of hydrogen-bond donors (Lipinski definition) is 0. The maximum Gasteiger partial charge on any atom is 0.410 e. The number of benzene rings is 2. The van der Waals surface area contributed by atoms with Crippen LogP contribution in [-0.2, 0) is 4.74 Å². The van der Waals surface area contributed by atoms with E-state index < -0.39 is 5.60 Å². The van der Waals surface area contributed by atoms with Gasteiger partial charge in [-0.05, 0) is 45.9 Å². The SMILES string of the molecule is C[C@H]1CN(C(=O)OC(C)(C)C)CCN1c1nc2cc(Cl)cc(Oc3ccccc3)c2o1. The van der Waals surface area contributed by atoms with E-state index in [0.717, 1.165) is 0 Å². The Hall–Kier alpha value is -2.93. The molecule has 1 fully saturated rings. The second-order valence-corrected chi connectivity index (χ2v) is 9.07. The standard InChI is InChI=1S/C23H26ClN3O4/c1-15-14-26(22(28)31-23(2,3)4)10-11-27(15)21-25-18-12-16(24)13-19(20(18)30-21)29-17-8-6-5-7-9-17/h5-9,12-13,15H,10-11,14H2,1-4H3/t15-/m0/s1. The van der Waals surface area contributed by atoms with E-state index in [1.54, 1.807) is 17.0 Å². The van der Waals surface area contributed by atoms with Crippen LogP contribution in [0.15, 0.2) is 46.9 Å². The molecule has 0 saturated carbocycles. The summed E-state index contributed by atoms with van der Waals surface area (Å²) in [5.74, 6) is 1.19. The summed E-state index contributed by atoms with van der Waals surface area (Å²) in [4.78, 5) is 20.8. The van der Waals surface area contributed by atoms with Crippen LogP contribution in [0.1, 0.15) is 27.7 Å². The highest BCUT2D eigenvalue weighted by Crippen LogP contribution is 2.36. The molecule has 4 rings (SSSR count). The molecule has 2 heterocycles. The minimum atomic E-state index is -0.522. The number of ether oxygens (including phenoxy) is 2. The maximum atomic E-state index is 12.4. The van der Waals surface area contributed by atoms with Crippen LogP contribution in [0.4, 0.5) is 10.8 Å². The molecule has 1 atom stereocenters. The molecule has 3 aromatic rings. The summed E-state index contributed by atoms with van der Waals surface area (Å²) in [6, 6.07) is 13.4. The highest BCUT2D eigenvalue weighted by Gasteiger charge is 2.32. The first-order chi connectivity index (χ1) is 14.7. The van der Waals surface area contributed by atoms with E-state index in [1.807, 2.05) is 62.9 Å². The summed E-state index contributed by atoms with van der Waals surface area (Å²) in [6.07, 6.45) is -0.304. The van der Waals surface area contributed by atoms with Crippen molar-refractivity contribution in [2.45, 2.75) is 39.3 Å². The molecule has 0 aliphatic carbocycles. The van der Waals surface area contributed by atoms with E-state index in [2.05, 4.69) is 4.98 Å². The van der Waals surface area contributed by atoms with Crippen LogP contribution in [0.25, 0.3) is 11.1 Å². The Labute approximate surface area is 186 Å². The third kappa shape index (κ3) is 4.88. The van der Waals surface area contributed by atoms with Gasteiger partial charge in [0.05, 0.1) is 0 Å². The molecule has 0 unspecified atom stereocenters. The number of halogens is 1. The van der Waals surface area contributed by atoms with Gasteiger partial charge in [0.2, 0.25) is 0 Å². The van der Waals surface area contributed by atoms with Crippen LogP contribution in [0.3, 0.4) is 0 Å². The second kappa shape index (κ2) is 8.30. The van der Waals surface area contributed by atoms with Crippen LogP contribution >= 0.6 is 11.6 Å². The van der Waals surface area contributed by atoms with E-state index in [4.69, 9.17) is 25.5 Å². The lowest BCUT2D eigenvalue weighted by molar-refractivity contribution is 0.0216. The van der Waals surface area contributed by atoms with Crippen molar-refractivity contribution in [2.24, 2.45) is 0 Å². The van der Waals surface area contributed by atoms with Crippen molar-refractivity contribution >= 4 is 34.8 Å². The van der Waals surface area contributed by atoms with Crippen molar-refractivity contribution in [3.8, 4) is 11.5 Å². The lowest BCUT2D eigenvalue weighted by Crippen LogP contribution is -2.54. The van der Waals surface area contributed by atoms with Gasteiger partial charge in [0, 0.05) is 36.8 Å². The molecule has 0 N–H and O–H groups in total. The van der Waals surface area contributed by atoms with Gasteiger partial charge >= 0.3 is 6.09 Å². The fourth-order valence-electron chi connectivity index (χ4n) is 3.51. The van der Waals surface area contributed by atoms with E-state index in [1.165, 1.54) is 0 Å². The number of hydrogen-bond acceptors (Lipinski definition) is 6. The van der Waals surface area contributed by atoms with Crippen molar-refractivity contribution in [2.75, 3.05) is 24.5 Å². The smallest absolute Gasteiger partial charge is 0.410 e. The summed E-state index contributed by atoms with van der Waals surface area (Å²) in [5.41, 5.74) is 0.631. The highest BCUT2D eigenvalue weighted by atomic mass is 35.5. The summed E-state index contributed by atoms with van der Waals surface area (Å²) >= 11 is 6.29. The number of nitrogens with zero attached hydrogens (tertiary/aromatic N) is 3. The van der Waals surface area contributed by atoms with Crippen LogP contribution < -0.4 is 9.64 Å². The van der Waals surface area contributed by atoms with E-state index >= 15 is 0 Å². The quantitative estimate of drug-likeness (QED) is 0.515. The zero-order valence-corrected chi connectivity index (χ0v) is 18.8. The normalized spacial score (nSPS) is 17.1. The van der Waals surface area contributed by atoms with Crippen molar-refractivity contribution < 1.29 is 18.7 Å². The number of para-hydroxylation sites is 1. The third-order valence-corrected chi connectivity index (χ3v) is 5.12. The van der Waals surface area contributed by atoms with E-state index in [9.17, 15) is 4.79 Å². The fourth-order valence-corrected chi connectivity index (χ4v) is 3.71. The average Bonchev–Trinajstić information content (AvgIpc) is 3.11. The maximum absolute atomic E-state index is 12.4. The highest BCUT2D eigenvalue weighted by molar-refractivity contribution is 6.31. The number of amides is 1. The van der Waals surface area contributed by atoms with Gasteiger partial charge in [-0.1, -0.05) is 29.8 Å². The number of rotatable bonds is 3. The summed E-state index contributed by atoms with van der Waals surface area (Å²) in [7, 11) is 0. The first kappa shape index (κ1) is 21.3. The van der Waals surface area contributed by atoms with Gasteiger partial charge in [-0.3, -0.25) is 0 Å². The Kier molecular flexibility index (Phi) is 5.71. The van der Waals surface area contributed by atoms with Gasteiger partial charge in [-0.2, -0.15) is 4.98 Å². The molecule has 1 aliphatic rings. The van der Waals surface area contributed by atoms with Crippen LogP contribution in [0, 0.1) is 0 Å². The fraction of sp³-hybridized carbons (Fsp3) is 0.391. The lowest BCUT2D eigenvalue weighted by Gasteiger charge is -2.39. The van der Waals surface area contributed by atoms with Crippen molar-refractivity contribution in [3.63, 3.8) is 0 Å². The third-order valence-electron chi connectivity index (χ3n) is 4.91. The predicted molar refractivity (Wildman–Crippen MR) is 120 cm³/mol.